The number of Topliss-reactive ketones (excluding diaryl/α,β-unsaturated/α-hetero) is 1. The van der Waals surface area contributed by atoms with E-state index in [9.17, 15) is 29.7 Å². The number of carboxylic acids is 1. The van der Waals surface area contributed by atoms with E-state index in [4.69, 9.17) is 0 Å². The van der Waals surface area contributed by atoms with Crippen LogP contribution in [0.5, 0.6) is 0 Å². The Morgan fingerprint density at radius 1 is 1.27 bits per heavy atom. The molecule has 7 nitrogen and oxygen atoms in total. The van der Waals surface area contributed by atoms with Crippen molar-refractivity contribution in [1.82, 2.24) is 4.90 Å². The lowest BCUT2D eigenvalue weighted by Gasteiger charge is -2.31. The summed E-state index contributed by atoms with van der Waals surface area (Å²) >= 11 is 0. The molecule has 2 atom stereocenters. The van der Waals surface area contributed by atoms with E-state index in [0.717, 1.165) is 17.7 Å². The van der Waals surface area contributed by atoms with Gasteiger partial charge in [-0.3, -0.25) is 9.59 Å². The van der Waals surface area contributed by atoms with Gasteiger partial charge in [0.15, 0.2) is 11.4 Å². The number of aliphatic hydroxyl groups is 2. The van der Waals surface area contributed by atoms with E-state index in [1.165, 1.54) is 33.0 Å². The van der Waals surface area contributed by atoms with E-state index in [1.54, 1.807) is 6.08 Å². The lowest BCUT2D eigenvalue weighted by molar-refractivity contribution is -0.166. The first-order valence-corrected chi connectivity index (χ1v) is 8.61. The Morgan fingerprint density at radius 3 is 2.38 bits per heavy atom. The number of aliphatic hydroxyl groups excluding tert-OH is 1. The van der Waals surface area contributed by atoms with Crippen LogP contribution in [0, 0.1) is 5.92 Å². The first kappa shape index (κ1) is 21.6. The van der Waals surface area contributed by atoms with Gasteiger partial charge in [-0.05, 0) is 18.4 Å². The molecular weight excluding hydrogens is 338 g/mol. The Balaban J connectivity index is 3.12. The van der Waals surface area contributed by atoms with E-state index in [0.29, 0.717) is 0 Å². The number of unbranched alkanes of at least 4 members (excludes halogenated alkanes) is 1. The molecule has 0 aromatic rings. The summed E-state index contributed by atoms with van der Waals surface area (Å²) in [5.41, 5.74) is -2.55. The number of likely N-dealkylation sites (tertiary alicyclic amines) is 1. The maximum absolute atomic E-state index is 12.6. The fourth-order valence-electron chi connectivity index (χ4n) is 2.67. The zero-order valence-corrected chi connectivity index (χ0v) is 15.6. The van der Waals surface area contributed by atoms with Crippen molar-refractivity contribution >= 4 is 17.7 Å². The standard InChI is InChI=1S/C19H27NO6/c1-5-6-7-8-9-10-14(21)15-16(22)13(20(4)17(15)23)11-19(26,12(2)3)18(24)25/h7-10,12-13,21,26H,5-6,11H2,1-4H3,(H,24,25)/b8-7+,10-9+,15-14+/t13-,19-/m1/s1. The summed E-state index contributed by atoms with van der Waals surface area (Å²) in [5.74, 6) is -3.99. The molecule has 1 aliphatic rings. The van der Waals surface area contributed by atoms with Gasteiger partial charge >= 0.3 is 5.97 Å². The van der Waals surface area contributed by atoms with Gasteiger partial charge in [0.1, 0.15) is 11.3 Å². The molecule has 0 saturated carbocycles. The van der Waals surface area contributed by atoms with Crippen LogP contribution >= 0.6 is 0 Å². The fraction of sp³-hybridized carbons (Fsp3) is 0.526. The van der Waals surface area contributed by atoms with Crippen LogP contribution in [0.1, 0.15) is 40.0 Å². The molecule has 1 fully saturated rings. The second-order valence-electron chi connectivity index (χ2n) is 6.72. The highest BCUT2D eigenvalue weighted by atomic mass is 16.4. The number of amides is 1. The zero-order valence-electron chi connectivity index (χ0n) is 15.6. The van der Waals surface area contributed by atoms with Gasteiger partial charge in [-0.2, -0.15) is 0 Å². The Bertz CT molecular complexity index is 661. The molecule has 0 radical (unpaired) electrons. The number of carbonyl (C=O) groups excluding carboxylic acids is 2. The van der Waals surface area contributed by atoms with Gasteiger partial charge in [0.25, 0.3) is 5.91 Å². The molecule has 7 heteroatoms. The summed E-state index contributed by atoms with van der Waals surface area (Å²) in [7, 11) is 1.35. The molecule has 1 saturated heterocycles. The topological polar surface area (TPSA) is 115 Å². The monoisotopic (exact) mass is 365 g/mol. The molecule has 1 rings (SSSR count). The van der Waals surface area contributed by atoms with Crippen molar-refractivity contribution in [3.8, 4) is 0 Å². The Hall–Kier alpha value is -2.41. The van der Waals surface area contributed by atoms with Gasteiger partial charge in [0.05, 0.1) is 6.04 Å². The molecule has 0 aliphatic carbocycles. The summed E-state index contributed by atoms with van der Waals surface area (Å²) in [6.45, 7) is 5.07. The normalized spacial score (nSPS) is 22.7. The van der Waals surface area contributed by atoms with E-state index in [2.05, 4.69) is 0 Å². The zero-order chi connectivity index (χ0) is 20.1. The van der Waals surface area contributed by atoms with Crippen molar-refractivity contribution < 1.29 is 29.7 Å². The van der Waals surface area contributed by atoms with Crippen molar-refractivity contribution in [2.45, 2.75) is 51.7 Å². The number of rotatable bonds is 8. The van der Waals surface area contributed by atoms with Gasteiger partial charge in [-0.15, -0.1) is 0 Å². The smallest absolute Gasteiger partial charge is 0.336 e. The van der Waals surface area contributed by atoms with Crippen molar-refractivity contribution in [3.05, 3.63) is 35.6 Å². The van der Waals surface area contributed by atoms with Crippen molar-refractivity contribution in [1.29, 1.82) is 0 Å². The van der Waals surface area contributed by atoms with Gasteiger partial charge in [0.2, 0.25) is 0 Å². The maximum atomic E-state index is 12.6. The summed E-state index contributed by atoms with van der Waals surface area (Å²) in [5, 5.41) is 29.8. The minimum absolute atomic E-state index is 0.394. The predicted octanol–water partition coefficient (Wildman–Crippen LogP) is 1.98. The Labute approximate surface area is 153 Å². The van der Waals surface area contributed by atoms with E-state index < -0.39 is 53.0 Å². The first-order valence-electron chi connectivity index (χ1n) is 8.61. The van der Waals surface area contributed by atoms with Crippen molar-refractivity contribution in [2.24, 2.45) is 5.92 Å². The van der Waals surface area contributed by atoms with Gasteiger partial charge in [-0.25, -0.2) is 4.79 Å². The van der Waals surface area contributed by atoms with Crippen LogP contribution in [0.3, 0.4) is 0 Å². The number of ketones is 1. The highest BCUT2D eigenvalue weighted by Gasteiger charge is 2.50. The van der Waals surface area contributed by atoms with Gasteiger partial charge in [0, 0.05) is 13.5 Å². The number of carboxylic acid groups (broad SMARTS) is 1. The lowest BCUT2D eigenvalue weighted by Crippen LogP contribution is -2.49. The summed E-state index contributed by atoms with van der Waals surface area (Å²) < 4.78 is 0. The number of carbonyl (C=O) groups is 3. The van der Waals surface area contributed by atoms with Crippen LogP contribution in [-0.2, 0) is 14.4 Å². The maximum Gasteiger partial charge on any atom is 0.336 e. The quantitative estimate of drug-likeness (QED) is 0.262. The highest BCUT2D eigenvalue weighted by Crippen LogP contribution is 2.31. The second kappa shape index (κ2) is 8.80. The first-order chi connectivity index (χ1) is 12.1. The molecule has 0 aromatic heterocycles. The number of allylic oxidation sites excluding steroid dienone is 4. The minimum atomic E-state index is -2.15. The van der Waals surface area contributed by atoms with Crippen LogP contribution < -0.4 is 0 Å². The molecule has 26 heavy (non-hydrogen) atoms. The van der Waals surface area contributed by atoms with Crippen LogP contribution in [0.15, 0.2) is 35.6 Å². The third-order valence-electron chi connectivity index (χ3n) is 4.59. The average Bonchev–Trinajstić information content (AvgIpc) is 2.77. The summed E-state index contributed by atoms with van der Waals surface area (Å²) in [6, 6.07) is -1.15. The lowest BCUT2D eigenvalue weighted by atomic mass is 9.83. The molecule has 144 valence electrons. The third kappa shape index (κ3) is 4.40. The number of likely N-dealkylation sites (N-methyl/N-ethyl adjacent to an activating group) is 1. The number of nitrogens with zero attached hydrogens (tertiary/aromatic N) is 1. The SMILES string of the molecule is CCC/C=C/C=C/C(O)=C1/C(=O)[C@@H](C[C@](O)(C(=O)O)C(C)C)N(C)C1=O. The van der Waals surface area contributed by atoms with Crippen LogP contribution in [0.4, 0.5) is 0 Å². The summed E-state index contributed by atoms with van der Waals surface area (Å²) in [4.78, 5) is 37.4. The van der Waals surface area contributed by atoms with Crippen LogP contribution in [0.2, 0.25) is 0 Å². The molecule has 1 heterocycles. The third-order valence-corrected chi connectivity index (χ3v) is 4.59. The predicted molar refractivity (Wildman–Crippen MR) is 96.4 cm³/mol. The van der Waals surface area contributed by atoms with Gasteiger partial charge < -0.3 is 20.2 Å². The molecule has 3 N–H and O–H groups in total. The highest BCUT2D eigenvalue weighted by molar-refractivity contribution is 6.27. The second-order valence-corrected chi connectivity index (χ2v) is 6.72. The Morgan fingerprint density at radius 2 is 1.88 bits per heavy atom. The minimum Gasteiger partial charge on any atom is -0.507 e. The molecule has 0 unspecified atom stereocenters. The van der Waals surface area contributed by atoms with Crippen molar-refractivity contribution in [2.75, 3.05) is 7.05 Å². The molecule has 0 spiro atoms. The largest absolute Gasteiger partial charge is 0.507 e. The number of aliphatic carboxylic acids is 1. The van der Waals surface area contributed by atoms with E-state index in [1.807, 2.05) is 13.0 Å². The number of hydrogen-bond donors (Lipinski definition) is 3. The molecule has 0 bridgehead atoms. The Kier molecular flexibility index (Phi) is 7.32. The molecule has 0 aromatic carbocycles. The van der Waals surface area contributed by atoms with E-state index in [-0.39, 0.29) is 0 Å². The van der Waals surface area contributed by atoms with Crippen LogP contribution in [0.25, 0.3) is 0 Å². The van der Waals surface area contributed by atoms with E-state index >= 15 is 0 Å². The van der Waals surface area contributed by atoms with Gasteiger partial charge in [-0.1, -0.05) is 45.4 Å². The fourth-order valence-corrected chi connectivity index (χ4v) is 2.67. The molecule has 1 amide bonds. The van der Waals surface area contributed by atoms with Crippen LogP contribution in [-0.4, -0.2) is 56.6 Å². The summed E-state index contributed by atoms with van der Waals surface area (Å²) in [6.07, 6.45) is 7.76. The van der Waals surface area contributed by atoms with Crippen molar-refractivity contribution in [3.63, 3.8) is 0 Å². The molecule has 1 aliphatic heterocycles. The molecular formula is C19H27NO6. The average molecular weight is 365 g/mol. The number of hydrogen-bond acceptors (Lipinski definition) is 5.